The van der Waals surface area contributed by atoms with Crippen LogP contribution in [0, 0.1) is 0 Å². The number of aryl methyl sites for hydroxylation is 1. The highest BCUT2D eigenvalue weighted by molar-refractivity contribution is 5.81. The van der Waals surface area contributed by atoms with Crippen LogP contribution in [-0.4, -0.2) is 31.6 Å². The summed E-state index contributed by atoms with van der Waals surface area (Å²) in [4.78, 5) is 17.0. The molecule has 0 bridgehead atoms. The Balaban J connectivity index is 1.36. The van der Waals surface area contributed by atoms with E-state index in [1.807, 2.05) is 37.3 Å². The molecule has 2 aromatic carbocycles. The van der Waals surface area contributed by atoms with Crippen LogP contribution in [-0.2, 0) is 16.1 Å². The summed E-state index contributed by atoms with van der Waals surface area (Å²) < 4.78 is 10.5. The molecule has 26 heavy (non-hydrogen) atoms. The second-order valence-corrected chi connectivity index (χ2v) is 6.11. The number of carbonyl (C=O) groups is 1. The molecule has 0 aromatic heterocycles. The minimum Gasteiger partial charge on any atom is -0.454 e. The normalized spacial score (nSPS) is 13.6. The lowest BCUT2D eigenvalue weighted by Crippen LogP contribution is -2.35. The van der Waals surface area contributed by atoms with Crippen LogP contribution >= 0.6 is 0 Å². The third-order valence-electron chi connectivity index (χ3n) is 3.98. The number of fused-ring (bicyclic) bond motifs is 1. The summed E-state index contributed by atoms with van der Waals surface area (Å²) in [6.45, 7) is 2.10. The van der Waals surface area contributed by atoms with Gasteiger partial charge in [0.05, 0.1) is 6.21 Å². The first-order chi connectivity index (χ1) is 12.7. The third-order valence-corrected chi connectivity index (χ3v) is 3.98. The van der Waals surface area contributed by atoms with E-state index in [0.717, 1.165) is 18.4 Å². The van der Waals surface area contributed by atoms with Gasteiger partial charge < -0.3 is 19.6 Å². The molecule has 0 fully saturated rings. The predicted molar refractivity (Wildman–Crippen MR) is 98.5 cm³/mol. The molecule has 1 N–H and O–H groups in total. The topological polar surface area (TPSA) is 69.2 Å². The van der Waals surface area contributed by atoms with E-state index in [0.29, 0.717) is 11.5 Å². The fraction of sp³-hybridized carbons (Fsp3) is 0.300. The van der Waals surface area contributed by atoms with E-state index in [2.05, 4.69) is 22.6 Å². The Bertz CT molecular complexity index is 762. The molecule has 0 aliphatic carbocycles. The van der Waals surface area contributed by atoms with Crippen LogP contribution < -0.4 is 14.8 Å². The van der Waals surface area contributed by atoms with Crippen LogP contribution in [0.2, 0.25) is 0 Å². The molecule has 0 spiro atoms. The first-order valence-corrected chi connectivity index (χ1v) is 8.59. The summed E-state index contributed by atoms with van der Waals surface area (Å²) in [7, 11) is 0. The van der Waals surface area contributed by atoms with Gasteiger partial charge in [-0.1, -0.05) is 35.5 Å². The van der Waals surface area contributed by atoms with Gasteiger partial charge in [0.25, 0.3) is 5.91 Å². The fourth-order valence-electron chi connectivity index (χ4n) is 2.60. The molecular formula is C20H22N2O4. The van der Waals surface area contributed by atoms with Crippen molar-refractivity contribution >= 4 is 12.1 Å². The summed E-state index contributed by atoms with van der Waals surface area (Å²) in [5.74, 6) is 1.21. The van der Waals surface area contributed by atoms with Crippen LogP contribution in [0.4, 0.5) is 0 Å². The van der Waals surface area contributed by atoms with Gasteiger partial charge in [0.1, 0.15) is 0 Å². The lowest BCUT2D eigenvalue weighted by Gasteiger charge is -2.13. The van der Waals surface area contributed by atoms with Gasteiger partial charge in [-0.2, -0.15) is 0 Å². The van der Waals surface area contributed by atoms with Gasteiger partial charge in [0.2, 0.25) is 6.79 Å². The third kappa shape index (κ3) is 5.24. The molecule has 0 radical (unpaired) electrons. The van der Waals surface area contributed by atoms with Crippen molar-refractivity contribution in [2.24, 2.45) is 5.16 Å². The van der Waals surface area contributed by atoms with Crippen LogP contribution in [0.5, 0.6) is 11.5 Å². The number of carbonyl (C=O) groups excluding carboxylic acids is 1. The maximum atomic E-state index is 11.9. The van der Waals surface area contributed by atoms with E-state index >= 15 is 0 Å². The van der Waals surface area contributed by atoms with Crippen molar-refractivity contribution in [3.8, 4) is 11.5 Å². The van der Waals surface area contributed by atoms with Crippen LogP contribution in [0.3, 0.4) is 0 Å². The molecule has 6 nitrogen and oxygen atoms in total. The van der Waals surface area contributed by atoms with Crippen LogP contribution in [0.15, 0.2) is 53.7 Å². The van der Waals surface area contributed by atoms with Gasteiger partial charge in [-0.15, -0.1) is 0 Å². The highest BCUT2D eigenvalue weighted by Gasteiger charge is 2.12. The van der Waals surface area contributed by atoms with Crippen molar-refractivity contribution < 1.29 is 19.1 Å². The number of ether oxygens (including phenoxy) is 2. The zero-order chi connectivity index (χ0) is 18.2. The van der Waals surface area contributed by atoms with Gasteiger partial charge in [-0.3, -0.25) is 4.79 Å². The highest BCUT2D eigenvalue weighted by Crippen LogP contribution is 2.31. The van der Waals surface area contributed by atoms with Gasteiger partial charge in [0.15, 0.2) is 18.1 Å². The molecule has 0 saturated heterocycles. The fourth-order valence-corrected chi connectivity index (χ4v) is 2.60. The molecule has 6 heteroatoms. The summed E-state index contributed by atoms with van der Waals surface area (Å²) in [5, 5.41) is 6.73. The minimum absolute atomic E-state index is 0.0733. The van der Waals surface area contributed by atoms with Crippen molar-refractivity contribution in [3.63, 3.8) is 0 Å². The molecule has 2 aromatic rings. The number of nitrogens with one attached hydrogen (secondary N) is 1. The molecular weight excluding hydrogens is 332 g/mol. The Morgan fingerprint density at radius 3 is 2.88 bits per heavy atom. The minimum atomic E-state index is -0.187. The monoisotopic (exact) mass is 354 g/mol. The van der Waals surface area contributed by atoms with Gasteiger partial charge >= 0.3 is 0 Å². The van der Waals surface area contributed by atoms with E-state index in [1.54, 1.807) is 6.07 Å². The standard InChI is InChI=1S/C20H22N2O4/c1-15(7-8-16-5-3-2-4-6-16)22-20(23)13-26-21-12-17-9-10-18-19(11-17)25-14-24-18/h2-6,9-12,15H,7-8,13-14H2,1H3,(H,22,23)/b21-12+. The number of benzene rings is 2. The Kier molecular flexibility index (Phi) is 6.09. The van der Waals surface area contributed by atoms with Gasteiger partial charge in [-0.25, -0.2) is 0 Å². The largest absolute Gasteiger partial charge is 0.454 e. The number of nitrogens with zero attached hydrogens (tertiary/aromatic N) is 1. The highest BCUT2D eigenvalue weighted by atomic mass is 16.7. The van der Waals surface area contributed by atoms with Crippen molar-refractivity contribution in [3.05, 3.63) is 59.7 Å². The van der Waals surface area contributed by atoms with Crippen molar-refractivity contribution in [1.29, 1.82) is 0 Å². The smallest absolute Gasteiger partial charge is 0.260 e. The van der Waals surface area contributed by atoms with E-state index in [1.165, 1.54) is 11.8 Å². The molecule has 1 atom stereocenters. The molecule has 1 heterocycles. The lowest BCUT2D eigenvalue weighted by molar-refractivity contribution is -0.126. The second-order valence-electron chi connectivity index (χ2n) is 6.11. The van der Waals surface area contributed by atoms with E-state index < -0.39 is 0 Å². The molecule has 1 aliphatic heterocycles. The SMILES string of the molecule is CC(CCc1ccccc1)NC(=O)CO/N=C/c1ccc2c(c1)OCO2. The number of amides is 1. The average molecular weight is 354 g/mol. The second kappa shape index (κ2) is 8.89. The van der Waals surface area contributed by atoms with E-state index in [9.17, 15) is 4.79 Å². The van der Waals surface area contributed by atoms with Crippen molar-refractivity contribution in [2.75, 3.05) is 13.4 Å². The van der Waals surface area contributed by atoms with Crippen molar-refractivity contribution in [1.82, 2.24) is 5.32 Å². The summed E-state index contributed by atoms with van der Waals surface area (Å²) in [6.07, 6.45) is 3.33. The molecule has 1 aliphatic rings. The summed E-state index contributed by atoms with van der Waals surface area (Å²) in [6, 6.07) is 15.7. The molecule has 136 valence electrons. The Hall–Kier alpha value is -3.02. The van der Waals surface area contributed by atoms with Crippen molar-refractivity contribution in [2.45, 2.75) is 25.8 Å². The molecule has 1 amide bonds. The van der Waals surface area contributed by atoms with E-state index in [4.69, 9.17) is 14.3 Å². The maximum Gasteiger partial charge on any atom is 0.260 e. The Labute approximate surface area is 152 Å². The van der Waals surface area contributed by atoms with Gasteiger partial charge in [-0.05, 0) is 43.5 Å². The maximum absolute atomic E-state index is 11.9. The summed E-state index contributed by atoms with van der Waals surface area (Å²) in [5.41, 5.74) is 2.07. The zero-order valence-electron chi connectivity index (χ0n) is 14.7. The quantitative estimate of drug-likeness (QED) is 0.585. The number of hydrogen-bond donors (Lipinski definition) is 1. The van der Waals surface area contributed by atoms with E-state index in [-0.39, 0.29) is 25.3 Å². The predicted octanol–water partition coefficient (Wildman–Crippen LogP) is 2.90. The van der Waals surface area contributed by atoms with Gasteiger partial charge in [0, 0.05) is 11.6 Å². The molecule has 0 saturated carbocycles. The first-order valence-electron chi connectivity index (χ1n) is 8.59. The Morgan fingerprint density at radius 1 is 1.23 bits per heavy atom. The zero-order valence-corrected chi connectivity index (χ0v) is 14.7. The van der Waals surface area contributed by atoms with Crippen LogP contribution in [0.1, 0.15) is 24.5 Å². The molecule has 1 unspecified atom stereocenters. The lowest BCUT2D eigenvalue weighted by atomic mass is 10.1. The average Bonchev–Trinajstić information content (AvgIpc) is 3.12. The van der Waals surface area contributed by atoms with Crippen LogP contribution in [0.25, 0.3) is 0 Å². The molecule has 3 rings (SSSR count). The number of oxime groups is 1. The Morgan fingerprint density at radius 2 is 2.04 bits per heavy atom. The first kappa shape index (κ1) is 17.8. The number of hydrogen-bond acceptors (Lipinski definition) is 5. The summed E-state index contributed by atoms with van der Waals surface area (Å²) >= 11 is 0. The number of rotatable bonds is 8.